The van der Waals surface area contributed by atoms with E-state index in [1.165, 1.54) is 12.1 Å². The van der Waals surface area contributed by atoms with Gasteiger partial charge in [0.25, 0.3) is 0 Å². The summed E-state index contributed by atoms with van der Waals surface area (Å²) in [6.07, 6.45) is -4.72. The molecular weight excluding hydrogens is 332 g/mol. The molecule has 0 unspecified atom stereocenters. The number of aliphatic hydroxyl groups excluding tert-OH is 1. The molecule has 3 rings (SSSR count). The molecule has 10 heteroatoms. The first-order valence-electron chi connectivity index (χ1n) is 5.53. The number of halogens is 5. The van der Waals surface area contributed by atoms with Crippen molar-refractivity contribution < 1.29 is 18.3 Å². The van der Waals surface area contributed by atoms with E-state index >= 15 is 0 Å². The Balaban J connectivity index is 2.57. The van der Waals surface area contributed by atoms with E-state index in [4.69, 9.17) is 23.2 Å². The number of aromatic nitrogens is 4. The van der Waals surface area contributed by atoms with Crippen molar-refractivity contribution in [2.24, 2.45) is 0 Å². The number of alkyl halides is 3. The first-order chi connectivity index (χ1) is 9.82. The quantitative estimate of drug-likeness (QED) is 0.741. The first-order valence-corrected chi connectivity index (χ1v) is 6.29. The van der Waals surface area contributed by atoms with Gasteiger partial charge in [0.2, 0.25) is 5.82 Å². The third kappa shape index (κ3) is 2.19. The third-order valence-electron chi connectivity index (χ3n) is 2.86. The summed E-state index contributed by atoms with van der Waals surface area (Å²) in [5.41, 5.74) is 0.138. The lowest BCUT2D eigenvalue weighted by Crippen LogP contribution is -2.12. The Kier molecular flexibility index (Phi) is 3.19. The van der Waals surface area contributed by atoms with Crippen LogP contribution < -0.4 is 0 Å². The first kappa shape index (κ1) is 14.3. The maximum absolute atomic E-state index is 13.0. The Bertz CT molecular complexity index is 862. The Morgan fingerprint density at radius 1 is 1.19 bits per heavy atom. The zero-order valence-corrected chi connectivity index (χ0v) is 11.5. The van der Waals surface area contributed by atoms with Gasteiger partial charge in [0.1, 0.15) is 0 Å². The number of hydrogen-bond donors (Lipinski definition) is 1. The summed E-state index contributed by atoms with van der Waals surface area (Å²) in [7, 11) is 0. The van der Waals surface area contributed by atoms with Crippen LogP contribution in [0.5, 0.6) is 0 Å². The molecule has 110 valence electrons. The van der Waals surface area contributed by atoms with Crippen LogP contribution >= 0.6 is 23.2 Å². The Morgan fingerprint density at radius 3 is 2.52 bits per heavy atom. The minimum atomic E-state index is -4.72. The molecule has 0 aliphatic heterocycles. The molecule has 0 saturated carbocycles. The van der Waals surface area contributed by atoms with Gasteiger partial charge in [0.15, 0.2) is 10.8 Å². The molecule has 0 saturated heterocycles. The van der Waals surface area contributed by atoms with Crippen LogP contribution in [0, 0.1) is 0 Å². The summed E-state index contributed by atoms with van der Waals surface area (Å²) in [6, 6.07) is 2.68. The van der Waals surface area contributed by atoms with Crippen LogP contribution in [0.2, 0.25) is 10.2 Å². The van der Waals surface area contributed by atoms with Gasteiger partial charge in [-0.15, -0.1) is 10.2 Å². The molecule has 2 aromatic heterocycles. The summed E-state index contributed by atoms with van der Waals surface area (Å²) in [6.45, 7) is -0.449. The van der Waals surface area contributed by atoms with Gasteiger partial charge in [-0.25, -0.2) is 4.98 Å². The molecule has 1 N–H and O–H groups in total. The average molecular weight is 337 g/mol. The standard InChI is InChI=1S/C11H5Cl2F3N4O/c12-5-1-4(3-21)7-6(2-5)20-9(8(13)17-7)18-19-10(20)11(14,15)16/h1-2,21H,3H2. The minimum absolute atomic E-state index is 0.0169. The number of rotatable bonds is 1. The summed E-state index contributed by atoms with van der Waals surface area (Å²) in [4.78, 5) is 3.97. The molecule has 5 nitrogen and oxygen atoms in total. The van der Waals surface area contributed by atoms with Gasteiger partial charge in [-0.3, -0.25) is 4.40 Å². The summed E-state index contributed by atoms with van der Waals surface area (Å²) in [5, 5.41) is 15.7. The van der Waals surface area contributed by atoms with Gasteiger partial charge in [-0.1, -0.05) is 23.2 Å². The minimum Gasteiger partial charge on any atom is -0.392 e. The Labute approximate surface area is 124 Å². The topological polar surface area (TPSA) is 63.3 Å². The van der Waals surface area contributed by atoms with E-state index < -0.39 is 18.6 Å². The molecule has 3 aromatic rings. The molecule has 0 amide bonds. The molecule has 2 heterocycles. The lowest BCUT2D eigenvalue weighted by molar-refractivity contribution is -0.145. The van der Waals surface area contributed by atoms with E-state index in [0.29, 0.717) is 0 Å². The summed E-state index contributed by atoms with van der Waals surface area (Å²) < 4.78 is 39.8. The lowest BCUT2D eigenvalue weighted by atomic mass is 10.2. The predicted molar refractivity (Wildman–Crippen MR) is 69.2 cm³/mol. The number of benzene rings is 1. The molecule has 0 atom stereocenters. The average Bonchev–Trinajstić information content (AvgIpc) is 2.84. The highest BCUT2D eigenvalue weighted by Crippen LogP contribution is 2.33. The zero-order valence-electron chi connectivity index (χ0n) is 9.99. The van der Waals surface area contributed by atoms with Crippen LogP contribution in [0.4, 0.5) is 13.2 Å². The van der Waals surface area contributed by atoms with Crippen LogP contribution in [-0.4, -0.2) is 24.7 Å². The number of nitrogens with zero attached hydrogens (tertiary/aromatic N) is 4. The molecule has 0 aliphatic rings. The van der Waals surface area contributed by atoms with E-state index in [9.17, 15) is 18.3 Å². The van der Waals surface area contributed by atoms with Gasteiger partial charge >= 0.3 is 6.18 Å². The second-order valence-corrected chi connectivity index (χ2v) is 4.97. The van der Waals surface area contributed by atoms with E-state index in [2.05, 4.69) is 15.2 Å². The van der Waals surface area contributed by atoms with Crippen molar-refractivity contribution in [3.05, 3.63) is 33.7 Å². The van der Waals surface area contributed by atoms with Gasteiger partial charge in [0.05, 0.1) is 17.6 Å². The van der Waals surface area contributed by atoms with Crippen molar-refractivity contribution in [2.75, 3.05) is 0 Å². The van der Waals surface area contributed by atoms with E-state index in [1.807, 2.05) is 0 Å². The zero-order chi connectivity index (χ0) is 15.4. The predicted octanol–water partition coefficient (Wildman–Crippen LogP) is 3.10. The fraction of sp³-hybridized carbons (Fsp3) is 0.182. The number of aliphatic hydroxyl groups is 1. The monoisotopic (exact) mass is 336 g/mol. The molecule has 0 bridgehead atoms. The maximum atomic E-state index is 13.0. The highest BCUT2D eigenvalue weighted by atomic mass is 35.5. The molecule has 21 heavy (non-hydrogen) atoms. The van der Waals surface area contributed by atoms with Crippen molar-refractivity contribution in [1.82, 2.24) is 19.6 Å². The van der Waals surface area contributed by atoms with Gasteiger partial charge in [-0.05, 0) is 12.1 Å². The molecule has 1 aromatic carbocycles. The fourth-order valence-electron chi connectivity index (χ4n) is 2.04. The number of fused-ring (bicyclic) bond motifs is 3. The lowest BCUT2D eigenvalue weighted by Gasteiger charge is -2.10. The maximum Gasteiger partial charge on any atom is 0.452 e. The summed E-state index contributed by atoms with van der Waals surface area (Å²) in [5.74, 6) is -1.24. The molecule has 0 spiro atoms. The van der Waals surface area contributed by atoms with Crippen LogP contribution in [0.3, 0.4) is 0 Å². The highest BCUT2D eigenvalue weighted by Gasteiger charge is 2.38. The van der Waals surface area contributed by atoms with E-state index in [1.54, 1.807) is 0 Å². The van der Waals surface area contributed by atoms with Crippen LogP contribution in [0.1, 0.15) is 11.4 Å². The molecular formula is C11H5Cl2F3N4O. The van der Waals surface area contributed by atoms with Crippen molar-refractivity contribution in [1.29, 1.82) is 0 Å². The van der Waals surface area contributed by atoms with E-state index in [0.717, 1.165) is 4.40 Å². The van der Waals surface area contributed by atoms with Crippen molar-refractivity contribution in [3.63, 3.8) is 0 Å². The molecule has 0 fully saturated rings. The van der Waals surface area contributed by atoms with Crippen LogP contribution in [0.25, 0.3) is 16.7 Å². The van der Waals surface area contributed by atoms with Crippen molar-refractivity contribution in [2.45, 2.75) is 12.8 Å². The second-order valence-electron chi connectivity index (χ2n) is 4.17. The van der Waals surface area contributed by atoms with Gasteiger partial charge < -0.3 is 5.11 Å². The summed E-state index contributed by atoms with van der Waals surface area (Å²) >= 11 is 11.7. The molecule has 0 aliphatic carbocycles. The van der Waals surface area contributed by atoms with Crippen molar-refractivity contribution >= 4 is 39.9 Å². The normalized spacial score (nSPS) is 12.5. The van der Waals surface area contributed by atoms with Crippen LogP contribution in [0.15, 0.2) is 12.1 Å². The highest BCUT2D eigenvalue weighted by molar-refractivity contribution is 6.33. The van der Waals surface area contributed by atoms with Gasteiger partial charge in [0, 0.05) is 10.6 Å². The van der Waals surface area contributed by atoms with Gasteiger partial charge in [-0.2, -0.15) is 13.2 Å². The smallest absolute Gasteiger partial charge is 0.392 e. The molecule has 0 radical (unpaired) electrons. The SMILES string of the molecule is OCc1cc(Cl)cc2c1nc(Cl)c1nnc(C(F)(F)F)n12. The fourth-order valence-corrected chi connectivity index (χ4v) is 2.48. The van der Waals surface area contributed by atoms with Crippen LogP contribution in [-0.2, 0) is 12.8 Å². The number of hydrogen-bond acceptors (Lipinski definition) is 4. The third-order valence-corrected chi connectivity index (χ3v) is 3.33. The van der Waals surface area contributed by atoms with Crippen molar-refractivity contribution in [3.8, 4) is 0 Å². The second kappa shape index (κ2) is 4.69. The largest absolute Gasteiger partial charge is 0.452 e. The Hall–Kier alpha value is -1.64. The van der Waals surface area contributed by atoms with E-state index in [-0.39, 0.29) is 32.4 Å². The Morgan fingerprint density at radius 2 is 1.90 bits per heavy atom.